The third kappa shape index (κ3) is 2.50. The molecule has 3 aromatic rings. The third-order valence-electron chi connectivity index (χ3n) is 2.78. The van der Waals surface area contributed by atoms with Gasteiger partial charge < -0.3 is 9.84 Å². The predicted molar refractivity (Wildman–Crippen MR) is 79.9 cm³/mol. The number of pyridine rings is 1. The van der Waals surface area contributed by atoms with Gasteiger partial charge in [-0.15, -0.1) is 0 Å². The minimum atomic E-state index is 0.200. The molecular formula is C15H9Cl2NO2. The molecule has 0 aliphatic rings. The number of aromatic nitrogens is 1. The summed E-state index contributed by atoms with van der Waals surface area (Å²) in [5, 5.41) is 11.0. The molecule has 1 N–H and O–H groups in total. The van der Waals surface area contributed by atoms with Crippen LogP contribution in [0.15, 0.2) is 48.5 Å². The molecule has 1 heterocycles. The van der Waals surface area contributed by atoms with Crippen LogP contribution in [-0.2, 0) is 0 Å². The van der Waals surface area contributed by atoms with Gasteiger partial charge in [-0.05, 0) is 36.4 Å². The Balaban J connectivity index is 1.99. The minimum absolute atomic E-state index is 0.200. The van der Waals surface area contributed by atoms with Crippen molar-refractivity contribution in [3.05, 3.63) is 58.6 Å². The fourth-order valence-corrected chi connectivity index (χ4v) is 2.16. The van der Waals surface area contributed by atoms with Crippen LogP contribution in [0.1, 0.15) is 0 Å². The molecule has 3 nitrogen and oxygen atoms in total. The number of phenols is 1. The van der Waals surface area contributed by atoms with Crippen molar-refractivity contribution in [1.29, 1.82) is 0 Å². The van der Waals surface area contributed by atoms with Crippen molar-refractivity contribution in [2.45, 2.75) is 0 Å². The van der Waals surface area contributed by atoms with Gasteiger partial charge in [-0.1, -0.05) is 29.3 Å². The molecule has 0 bridgehead atoms. The first-order valence-electron chi connectivity index (χ1n) is 5.85. The number of aromatic hydroxyl groups is 1. The first-order chi connectivity index (χ1) is 9.63. The molecule has 0 saturated carbocycles. The van der Waals surface area contributed by atoms with E-state index in [0.29, 0.717) is 21.7 Å². The second-order valence-corrected chi connectivity index (χ2v) is 4.97. The van der Waals surface area contributed by atoms with Crippen LogP contribution >= 0.6 is 23.2 Å². The van der Waals surface area contributed by atoms with Crippen LogP contribution in [0.5, 0.6) is 17.4 Å². The number of halogens is 2. The van der Waals surface area contributed by atoms with Gasteiger partial charge in [-0.3, -0.25) is 0 Å². The van der Waals surface area contributed by atoms with Gasteiger partial charge in [0.1, 0.15) is 16.5 Å². The molecule has 0 radical (unpaired) electrons. The highest BCUT2D eigenvalue weighted by molar-refractivity contribution is 6.42. The lowest BCUT2D eigenvalue weighted by Gasteiger charge is -2.08. The smallest absolute Gasteiger partial charge is 0.219 e. The van der Waals surface area contributed by atoms with Crippen molar-refractivity contribution < 1.29 is 9.84 Å². The molecule has 0 atom stereocenters. The van der Waals surface area contributed by atoms with E-state index in [0.717, 1.165) is 10.9 Å². The van der Waals surface area contributed by atoms with E-state index in [1.54, 1.807) is 42.5 Å². The van der Waals surface area contributed by atoms with E-state index in [1.807, 2.05) is 6.07 Å². The van der Waals surface area contributed by atoms with Crippen molar-refractivity contribution in [1.82, 2.24) is 4.98 Å². The summed E-state index contributed by atoms with van der Waals surface area (Å²) in [5.74, 6) is 1.06. The standard InChI is InChI=1S/C15H9Cl2NO2/c16-11-2-1-3-13(15(11)17)20-14-7-4-9-8-10(19)5-6-12(9)18-14/h1-8,19H. The van der Waals surface area contributed by atoms with E-state index in [-0.39, 0.29) is 5.75 Å². The molecule has 5 heteroatoms. The Bertz CT molecular complexity index is 790. The van der Waals surface area contributed by atoms with Crippen molar-refractivity contribution in [2.24, 2.45) is 0 Å². The lowest BCUT2D eigenvalue weighted by atomic mass is 10.2. The van der Waals surface area contributed by atoms with Gasteiger partial charge in [-0.25, -0.2) is 4.98 Å². The van der Waals surface area contributed by atoms with Crippen molar-refractivity contribution >= 4 is 34.1 Å². The largest absolute Gasteiger partial charge is 0.508 e. The number of fused-ring (bicyclic) bond motifs is 1. The Morgan fingerprint density at radius 2 is 1.85 bits per heavy atom. The predicted octanol–water partition coefficient (Wildman–Crippen LogP) is 5.04. The molecule has 2 aromatic carbocycles. The van der Waals surface area contributed by atoms with Gasteiger partial charge in [0, 0.05) is 11.5 Å². The minimum Gasteiger partial charge on any atom is -0.508 e. The zero-order valence-corrected chi connectivity index (χ0v) is 11.7. The average Bonchev–Trinajstić information content (AvgIpc) is 2.44. The SMILES string of the molecule is Oc1ccc2nc(Oc3cccc(Cl)c3Cl)ccc2c1. The molecule has 0 fully saturated rings. The molecular weight excluding hydrogens is 297 g/mol. The monoisotopic (exact) mass is 305 g/mol. The van der Waals surface area contributed by atoms with E-state index < -0.39 is 0 Å². The Morgan fingerprint density at radius 1 is 1.00 bits per heavy atom. The first kappa shape index (κ1) is 13.0. The molecule has 1 aromatic heterocycles. The second-order valence-electron chi connectivity index (χ2n) is 4.18. The van der Waals surface area contributed by atoms with Gasteiger partial charge >= 0.3 is 0 Å². The van der Waals surface area contributed by atoms with E-state index in [9.17, 15) is 5.11 Å². The second kappa shape index (κ2) is 5.19. The van der Waals surface area contributed by atoms with Crippen LogP contribution in [0.2, 0.25) is 10.0 Å². The summed E-state index contributed by atoms with van der Waals surface area (Å²) in [7, 11) is 0. The van der Waals surface area contributed by atoms with Crippen LogP contribution in [0, 0.1) is 0 Å². The molecule has 0 spiro atoms. The molecule has 20 heavy (non-hydrogen) atoms. The average molecular weight is 306 g/mol. The highest BCUT2D eigenvalue weighted by Gasteiger charge is 2.08. The number of hydrogen-bond donors (Lipinski definition) is 1. The van der Waals surface area contributed by atoms with Gasteiger partial charge in [-0.2, -0.15) is 0 Å². The third-order valence-corrected chi connectivity index (χ3v) is 3.58. The van der Waals surface area contributed by atoms with Gasteiger partial charge in [0.05, 0.1) is 10.5 Å². The Morgan fingerprint density at radius 3 is 2.70 bits per heavy atom. The van der Waals surface area contributed by atoms with Gasteiger partial charge in [0.2, 0.25) is 5.88 Å². The summed E-state index contributed by atoms with van der Waals surface area (Å²) >= 11 is 12.0. The van der Waals surface area contributed by atoms with Crippen LogP contribution in [0.4, 0.5) is 0 Å². The Labute approximate surface area is 125 Å². The maximum absolute atomic E-state index is 9.41. The van der Waals surface area contributed by atoms with E-state index in [4.69, 9.17) is 27.9 Å². The highest BCUT2D eigenvalue weighted by Crippen LogP contribution is 2.34. The molecule has 100 valence electrons. The molecule has 0 aliphatic carbocycles. The summed E-state index contributed by atoms with van der Waals surface area (Å²) in [6, 6.07) is 13.6. The fraction of sp³-hybridized carbons (Fsp3) is 0. The maximum Gasteiger partial charge on any atom is 0.219 e. The summed E-state index contributed by atoms with van der Waals surface area (Å²) in [4.78, 5) is 4.35. The summed E-state index contributed by atoms with van der Waals surface area (Å²) in [6.45, 7) is 0. The fourth-order valence-electron chi connectivity index (χ4n) is 1.83. The normalized spacial score (nSPS) is 10.7. The Kier molecular flexibility index (Phi) is 3.38. The quantitative estimate of drug-likeness (QED) is 0.721. The van der Waals surface area contributed by atoms with E-state index in [2.05, 4.69) is 4.98 Å². The zero-order chi connectivity index (χ0) is 14.1. The van der Waals surface area contributed by atoms with Crippen molar-refractivity contribution in [3.8, 4) is 17.4 Å². The molecule has 0 amide bonds. The lowest BCUT2D eigenvalue weighted by Crippen LogP contribution is -1.89. The number of phenolic OH excluding ortho intramolecular Hbond substituents is 1. The number of nitrogens with zero attached hydrogens (tertiary/aromatic N) is 1. The van der Waals surface area contributed by atoms with Crippen LogP contribution in [-0.4, -0.2) is 10.1 Å². The summed E-state index contributed by atoms with van der Waals surface area (Å²) in [5.41, 5.74) is 0.721. The number of hydrogen-bond acceptors (Lipinski definition) is 3. The maximum atomic E-state index is 9.41. The van der Waals surface area contributed by atoms with E-state index in [1.165, 1.54) is 0 Å². The van der Waals surface area contributed by atoms with Crippen LogP contribution in [0.3, 0.4) is 0 Å². The topological polar surface area (TPSA) is 42.4 Å². The number of rotatable bonds is 2. The van der Waals surface area contributed by atoms with Crippen LogP contribution in [0.25, 0.3) is 10.9 Å². The summed E-state index contributed by atoms with van der Waals surface area (Å²) in [6.07, 6.45) is 0. The zero-order valence-electron chi connectivity index (χ0n) is 10.2. The molecule has 0 saturated heterocycles. The van der Waals surface area contributed by atoms with E-state index >= 15 is 0 Å². The van der Waals surface area contributed by atoms with Crippen LogP contribution < -0.4 is 4.74 Å². The van der Waals surface area contributed by atoms with Gasteiger partial charge in [0.25, 0.3) is 0 Å². The molecule has 0 unspecified atom stereocenters. The highest BCUT2D eigenvalue weighted by atomic mass is 35.5. The first-order valence-corrected chi connectivity index (χ1v) is 6.61. The number of benzene rings is 2. The van der Waals surface area contributed by atoms with Crippen molar-refractivity contribution in [3.63, 3.8) is 0 Å². The lowest BCUT2D eigenvalue weighted by molar-refractivity contribution is 0.465. The summed E-state index contributed by atoms with van der Waals surface area (Å²) < 4.78 is 5.64. The van der Waals surface area contributed by atoms with Gasteiger partial charge in [0.15, 0.2) is 0 Å². The number of ether oxygens (including phenoxy) is 1. The molecule has 3 rings (SSSR count). The van der Waals surface area contributed by atoms with Crippen molar-refractivity contribution in [2.75, 3.05) is 0 Å². The molecule has 0 aliphatic heterocycles. The Hall–Kier alpha value is -1.97.